The molecule has 0 fully saturated rings. The average molecular weight is 228 g/mol. The highest BCUT2D eigenvalue weighted by Gasteiger charge is 2.17. The van der Waals surface area contributed by atoms with E-state index in [0.717, 1.165) is 0 Å². The minimum absolute atomic E-state index is 0.0947. The summed E-state index contributed by atoms with van der Waals surface area (Å²) >= 11 is 5.66. The number of halogens is 1. The van der Waals surface area contributed by atoms with E-state index in [1.165, 1.54) is 6.20 Å². The number of rotatable bonds is 3. The van der Waals surface area contributed by atoms with Crippen molar-refractivity contribution in [2.75, 3.05) is 5.32 Å². The molecule has 0 unspecified atom stereocenters. The highest BCUT2D eigenvalue weighted by atomic mass is 35.5. The van der Waals surface area contributed by atoms with Crippen molar-refractivity contribution >= 4 is 23.3 Å². The summed E-state index contributed by atoms with van der Waals surface area (Å²) in [6, 6.07) is 2.76. The van der Waals surface area contributed by atoms with Gasteiger partial charge in [0.2, 0.25) is 5.91 Å². The largest absolute Gasteiger partial charge is 0.320 e. The van der Waals surface area contributed by atoms with Gasteiger partial charge in [-0.05, 0) is 18.1 Å². The van der Waals surface area contributed by atoms with Crippen molar-refractivity contribution in [2.24, 2.45) is 11.7 Å². The second-order valence-corrected chi connectivity index (χ2v) is 4.06. The molecule has 0 aliphatic carbocycles. The summed E-state index contributed by atoms with van der Waals surface area (Å²) in [7, 11) is 0. The molecule has 1 aromatic heterocycles. The lowest BCUT2D eigenvalue weighted by Gasteiger charge is -2.14. The Balaban J connectivity index is 2.62. The third kappa shape index (κ3) is 3.49. The van der Waals surface area contributed by atoms with Crippen molar-refractivity contribution < 1.29 is 4.79 Å². The highest BCUT2D eigenvalue weighted by Crippen LogP contribution is 2.10. The maximum atomic E-state index is 11.5. The molecule has 0 aliphatic heterocycles. The van der Waals surface area contributed by atoms with Gasteiger partial charge in [-0.2, -0.15) is 0 Å². The van der Waals surface area contributed by atoms with Crippen LogP contribution in [0.1, 0.15) is 13.8 Å². The molecule has 1 aromatic rings. The van der Waals surface area contributed by atoms with E-state index in [-0.39, 0.29) is 11.8 Å². The second-order valence-electron chi connectivity index (χ2n) is 3.62. The van der Waals surface area contributed by atoms with Crippen molar-refractivity contribution in [1.82, 2.24) is 4.98 Å². The number of hydrogen-bond donors (Lipinski definition) is 2. The molecule has 15 heavy (non-hydrogen) atoms. The van der Waals surface area contributed by atoms with Gasteiger partial charge < -0.3 is 11.1 Å². The Labute approximate surface area is 93.8 Å². The van der Waals surface area contributed by atoms with E-state index in [0.29, 0.717) is 10.8 Å². The first-order chi connectivity index (χ1) is 7.00. The number of nitrogens with zero attached hydrogens (tertiary/aromatic N) is 1. The number of hydrogen-bond acceptors (Lipinski definition) is 3. The van der Waals surface area contributed by atoms with Crippen molar-refractivity contribution in [2.45, 2.75) is 19.9 Å². The van der Waals surface area contributed by atoms with Crippen LogP contribution in [0, 0.1) is 5.92 Å². The number of amides is 1. The number of nitrogens with one attached hydrogen (secondary N) is 1. The van der Waals surface area contributed by atoms with E-state index >= 15 is 0 Å². The number of carbonyl (C=O) groups excluding carboxylic acids is 1. The van der Waals surface area contributed by atoms with Crippen molar-refractivity contribution in [1.29, 1.82) is 0 Å². The number of aromatic nitrogens is 1. The molecule has 4 nitrogen and oxygen atoms in total. The number of nitrogens with two attached hydrogens (primary N) is 1. The molecule has 82 valence electrons. The molecular weight excluding hydrogens is 214 g/mol. The lowest BCUT2D eigenvalue weighted by molar-refractivity contribution is -0.118. The van der Waals surface area contributed by atoms with Gasteiger partial charge in [0.25, 0.3) is 0 Å². The summed E-state index contributed by atoms with van der Waals surface area (Å²) in [6.07, 6.45) is 1.47. The van der Waals surface area contributed by atoms with Gasteiger partial charge in [-0.15, -0.1) is 0 Å². The third-order valence-electron chi connectivity index (χ3n) is 2.00. The van der Waals surface area contributed by atoms with E-state index in [9.17, 15) is 4.79 Å². The summed E-state index contributed by atoms with van der Waals surface area (Å²) in [5.74, 6) is 0.317. The van der Waals surface area contributed by atoms with Crippen molar-refractivity contribution in [3.05, 3.63) is 23.4 Å². The zero-order chi connectivity index (χ0) is 11.4. The van der Waals surface area contributed by atoms with Gasteiger partial charge in [-0.3, -0.25) is 4.79 Å². The lowest BCUT2D eigenvalue weighted by atomic mass is 10.1. The van der Waals surface area contributed by atoms with Crippen LogP contribution in [-0.2, 0) is 4.79 Å². The molecule has 1 atom stereocenters. The molecule has 0 aromatic carbocycles. The van der Waals surface area contributed by atoms with E-state index < -0.39 is 6.04 Å². The summed E-state index contributed by atoms with van der Waals surface area (Å²) in [6.45, 7) is 3.78. The van der Waals surface area contributed by atoms with Gasteiger partial charge in [0.1, 0.15) is 5.82 Å². The van der Waals surface area contributed by atoms with Crippen molar-refractivity contribution in [3.8, 4) is 0 Å². The molecular formula is C10H14ClN3O. The monoisotopic (exact) mass is 227 g/mol. The zero-order valence-electron chi connectivity index (χ0n) is 8.70. The van der Waals surface area contributed by atoms with Crippen LogP contribution >= 0.6 is 11.6 Å². The maximum Gasteiger partial charge on any atom is 0.242 e. The Kier molecular flexibility index (Phi) is 4.05. The van der Waals surface area contributed by atoms with Crippen LogP contribution in [0.2, 0.25) is 5.02 Å². The van der Waals surface area contributed by atoms with E-state index in [1.807, 2.05) is 13.8 Å². The van der Waals surface area contributed by atoms with E-state index in [1.54, 1.807) is 12.1 Å². The Hall–Kier alpha value is -1.13. The molecule has 0 bridgehead atoms. The van der Waals surface area contributed by atoms with Crippen LogP contribution in [0.5, 0.6) is 0 Å². The smallest absolute Gasteiger partial charge is 0.242 e. The van der Waals surface area contributed by atoms with E-state index in [4.69, 9.17) is 17.3 Å². The van der Waals surface area contributed by atoms with Crippen molar-refractivity contribution in [3.63, 3.8) is 0 Å². The molecule has 1 amide bonds. The lowest BCUT2D eigenvalue weighted by Crippen LogP contribution is -2.39. The fourth-order valence-corrected chi connectivity index (χ4v) is 1.07. The van der Waals surface area contributed by atoms with Crippen LogP contribution in [-0.4, -0.2) is 16.9 Å². The third-order valence-corrected chi connectivity index (χ3v) is 2.22. The molecule has 0 saturated heterocycles. The molecule has 3 N–H and O–H groups in total. The fourth-order valence-electron chi connectivity index (χ4n) is 0.962. The van der Waals surface area contributed by atoms with Gasteiger partial charge >= 0.3 is 0 Å². The summed E-state index contributed by atoms with van der Waals surface area (Å²) < 4.78 is 0. The standard InChI is InChI=1S/C10H14ClN3O/c1-6(2)9(12)10(15)14-8-4-3-7(11)5-13-8/h3-6,9H,12H2,1-2H3,(H,13,14,15)/t9-/m0/s1. The molecule has 0 aliphatic rings. The first kappa shape index (κ1) is 11.9. The topological polar surface area (TPSA) is 68.0 Å². The van der Waals surface area contributed by atoms with Crippen LogP contribution in [0.25, 0.3) is 0 Å². The van der Waals surface area contributed by atoms with Gasteiger partial charge in [0.05, 0.1) is 11.1 Å². The Bertz CT molecular complexity index is 337. The van der Waals surface area contributed by atoms with Gasteiger partial charge in [-0.25, -0.2) is 4.98 Å². The number of pyridine rings is 1. The SMILES string of the molecule is CC(C)[C@H](N)C(=O)Nc1ccc(Cl)cn1. The number of carbonyl (C=O) groups is 1. The zero-order valence-corrected chi connectivity index (χ0v) is 9.45. The molecule has 1 heterocycles. The van der Waals surface area contributed by atoms with Crippen LogP contribution in [0.15, 0.2) is 18.3 Å². The quantitative estimate of drug-likeness (QED) is 0.825. The molecule has 5 heteroatoms. The summed E-state index contributed by atoms with van der Waals surface area (Å²) in [4.78, 5) is 15.5. The molecule has 0 saturated carbocycles. The predicted molar refractivity (Wildman–Crippen MR) is 60.7 cm³/mol. The van der Waals surface area contributed by atoms with Gasteiger partial charge in [0, 0.05) is 6.20 Å². The molecule has 1 rings (SSSR count). The molecule has 0 spiro atoms. The van der Waals surface area contributed by atoms with Crippen LogP contribution < -0.4 is 11.1 Å². The summed E-state index contributed by atoms with van der Waals surface area (Å²) in [5.41, 5.74) is 5.67. The highest BCUT2D eigenvalue weighted by molar-refractivity contribution is 6.30. The summed E-state index contributed by atoms with van der Waals surface area (Å²) in [5, 5.41) is 3.15. The minimum Gasteiger partial charge on any atom is -0.320 e. The average Bonchev–Trinajstić information content (AvgIpc) is 2.20. The maximum absolute atomic E-state index is 11.5. The predicted octanol–water partition coefficient (Wildman–Crippen LogP) is 1.66. The minimum atomic E-state index is -0.525. The number of anilines is 1. The Morgan fingerprint density at radius 2 is 2.20 bits per heavy atom. The van der Waals surface area contributed by atoms with Crippen LogP contribution in [0.4, 0.5) is 5.82 Å². The second kappa shape index (κ2) is 5.09. The fraction of sp³-hybridized carbons (Fsp3) is 0.400. The van der Waals surface area contributed by atoms with Gasteiger partial charge in [0.15, 0.2) is 0 Å². The Morgan fingerprint density at radius 1 is 1.53 bits per heavy atom. The first-order valence-electron chi connectivity index (χ1n) is 4.68. The van der Waals surface area contributed by atoms with E-state index in [2.05, 4.69) is 10.3 Å². The molecule has 0 radical (unpaired) electrons. The normalized spacial score (nSPS) is 12.6. The van der Waals surface area contributed by atoms with Crippen LogP contribution in [0.3, 0.4) is 0 Å². The Morgan fingerprint density at radius 3 is 2.67 bits per heavy atom. The first-order valence-corrected chi connectivity index (χ1v) is 5.06. The van der Waals surface area contributed by atoms with Gasteiger partial charge in [-0.1, -0.05) is 25.4 Å².